The van der Waals surface area contributed by atoms with Gasteiger partial charge in [-0.15, -0.1) is 12.3 Å². The van der Waals surface area contributed by atoms with E-state index in [1.54, 1.807) is 0 Å². The van der Waals surface area contributed by atoms with Gasteiger partial charge in [0.25, 0.3) is 0 Å². The van der Waals surface area contributed by atoms with E-state index in [1.807, 2.05) is 30.3 Å². The van der Waals surface area contributed by atoms with Crippen molar-refractivity contribution in [1.29, 1.82) is 0 Å². The molecule has 5 nitrogen and oxygen atoms in total. The van der Waals surface area contributed by atoms with Crippen molar-refractivity contribution in [3.8, 4) is 12.3 Å². The fourth-order valence-corrected chi connectivity index (χ4v) is 1.81. The average Bonchev–Trinajstić information content (AvgIpc) is 3.24. The van der Waals surface area contributed by atoms with Crippen LogP contribution in [0.3, 0.4) is 0 Å². The van der Waals surface area contributed by atoms with Crippen LogP contribution < -0.4 is 5.32 Å². The summed E-state index contributed by atoms with van der Waals surface area (Å²) in [5.41, 5.74) is 0.597. The fourth-order valence-electron chi connectivity index (χ4n) is 1.81. The van der Waals surface area contributed by atoms with Gasteiger partial charge in [0, 0.05) is 25.8 Å². The molecule has 1 aromatic carbocycles. The van der Waals surface area contributed by atoms with Crippen molar-refractivity contribution in [1.82, 2.24) is 5.32 Å². The molecule has 0 fully saturated rings. The molecule has 0 aromatic heterocycles. The molecule has 1 aliphatic heterocycles. The molecule has 0 bridgehead atoms. The van der Waals surface area contributed by atoms with E-state index < -0.39 is 6.09 Å². The Morgan fingerprint density at radius 1 is 1.30 bits per heavy atom. The molecule has 0 aliphatic carbocycles. The Bertz CT molecular complexity index is 514. The highest BCUT2D eigenvalue weighted by Crippen LogP contribution is 2.35. The minimum Gasteiger partial charge on any atom is -0.445 e. The molecule has 20 heavy (non-hydrogen) atoms. The van der Waals surface area contributed by atoms with Gasteiger partial charge >= 0.3 is 6.09 Å². The summed E-state index contributed by atoms with van der Waals surface area (Å²) in [7, 11) is 0. The minimum absolute atomic E-state index is 0.268. The smallest absolute Gasteiger partial charge is 0.407 e. The lowest BCUT2D eigenvalue weighted by molar-refractivity contribution is 0.139. The van der Waals surface area contributed by atoms with E-state index in [0.717, 1.165) is 12.0 Å². The number of carbonyl (C=O) groups is 1. The predicted molar refractivity (Wildman–Crippen MR) is 74.9 cm³/mol. The molecule has 104 valence electrons. The Morgan fingerprint density at radius 3 is 2.70 bits per heavy atom. The van der Waals surface area contributed by atoms with Crippen LogP contribution >= 0.6 is 0 Å². The third-order valence-electron chi connectivity index (χ3n) is 3.06. The van der Waals surface area contributed by atoms with Crippen LogP contribution in [0.15, 0.2) is 40.6 Å². The summed E-state index contributed by atoms with van der Waals surface area (Å²) in [6, 6.07) is 9.54. The van der Waals surface area contributed by atoms with Gasteiger partial charge in [0.05, 0.1) is 0 Å². The van der Waals surface area contributed by atoms with Crippen molar-refractivity contribution in [3.05, 3.63) is 35.9 Å². The molecule has 1 N–H and O–H groups in total. The highest BCUT2D eigenvalue weighted by Gasteiger charge is 2.38. The first kappa shape index (κ1) is 14.1. The number of hydrogen-bond donors (Lipinski definition) is 1. The summed E-state index contributed by atoms with van der Waals surface area (Å²) in [4.78, 5) is 11.5. The monoisotopic (exact) mass is 271 g/mol. The van der Waals surface area contributed by atoms with Crippen LogP contribution in [-0.4, -0.2) is 18.3 Å². The summed E-state index contributed by atoms with van der Waals surface area (Å²) in [6.45, 7) is 0.745. The maximum Gasteiger partial charge on any atom is 0.407 e. The van der Waals surface area contributed by atoms with Crippen molar-refractivity contribution in [2.75, 3.05) is 6.54 Å². The Labute approximate surface area is 118 Å². The van der Waals surface area contributed by atoms with Crippen LogP contribution in [0.2, 0.25) is 0 Å². The molecule has 5 heteroatoms. The average molecular weight is 271 g/mol. The summed E-state index contributed by atoms with van der Waals surface area (Å²) in [5.74, 6) is 2.57. The van der Waals surface area contributed by atoms with Crippen LogP contribution in [0.1, 0.15) is 24.8 Å². The topological polar surface area (TPSA) is 63.0 Å². The van der Waals surface area contributed by atoms with Gasteiger partial charge in [0.15, 0.2) is 5.66 Å². The zero-order chi connectivity index (χ0) is 14.3. The fraction of sp³-hybridized carbons (Fsp3) is 0.400. The van der Waals surface area contributed by atoms with Crippen molar-refractivity contribution >= 4 is 6.09 Å². The highest BCUT2D eigenvalue weighted by molar-refractivity contribution is 5.67. The van der Waals surface area contributed by atoms with E-state index in [-0.39, 0.29) is 12.3 Å². The summed E-state index contributed by atoms with van der Waals surface area (Å²) >= 11 is 0. The molecule has 2 rings (SSSR count). The van der Waals surface area contributed by atoms with Gasteiger partial charge < -0.3 is 10.1 Å². The van der Waals surface area contributed by atoms with Crippen LogP contribution in [0.5, 0.6) is 0 Å². The van der Waals surface area contributed by atoms with E-state index in [9.17, 15) is 4.79 Å². The van der Waals surface area contributed by atoms with E-state index in [2.05, 4.69) is 21.5 Å². The largest absolute Gasteiger partial charge is 0.445 e. The minimum atomic E-state index is -0.429. The second-order valence-corrected chi connectivity index (χ2v) is 4.63. The molecule has 0 atom stereocenters. The van der Waals surface area contributed by atoms with Gasteiger partial charge in [-0.2, -0.15) is 10.2 Å². The number of carbonyl (C=O) groups excluding carboxylic acids is 1. The van der Waals surface area contributed by atoms with E-state index >= 15 is 0 Å². The number of terminal acetylenes is 1. The van der Waals surface area contributed by atoms with Crippen molar-refractivity contribution in [3.63, 3.8) is 0 Å². The number of hydrogen-bond acceptors (Lipinski definition) is 4. The second-order valence-electron chi connectivity index (χ2n) is 4.63. The maximum atomic E-state index is 11.5. The molecule has 0 spiro atoms. The molecule has 1 heterocycles. The number of alkyl carbamates (subject to hydrolysis) is 1. The van der Waals surface area contributed by atoms with Crippen molar-refractivity contribution in [2.24, 2.45) is 10.2 Å². The predicted octanol–water partition coefficient (Wildman–Crippen LogP) is 2.88. The van der Waals surface area contributed by atoms with Gasteiger partial charge in [-0.3, -0.25) is 0 Å². The SMILES string of the molecule is C#CCCC1(CCNC(=O)OCc2ccccc2)N=N1. The highest BCUT2D eigenvalue weighted by atomic mass is 16.5. The summed E-state index contributed by atoms with van der Waals surface area (Å²) < 4.78 is 5.10. The zero-order valence-corrected chi connectivity index (χ0v) is 11.2. The Hall–Kier alpha value is -2.35. The van der Waals surface area contributed by atoms with Gasteiger partial charge in [-0.1, -0.05) is 30.3 Å². The third-order valence-corrected chi connectivity index (χ3v) is 3.06. The standard InChI is InChI=1S/C15H17N3O2/c1-2-3-9-15(17-18-15)10-11-16-14(19)20-12-13-7-5-4-6-8-13/h1,4-8H,3,9-12H2,(H,16,19). The number of ether oxygens (including phenoxy) is 1. The number of nitrogens with one attached hydrogen (secondary N) is 1. The molecule has 1 aromatic rings. The lowest BCUT2D eigenvalue weighted by Gasteiger charge is -2.10. The maximum absolute atomic E-state index is 11.5. The van der Waals surface area contributed by atoms with Crippen molar-refractivity contribution in [2.45, 2.75) is 31.5 Å². The first-order chi connectivity index (χ1) is 9.74. The lowest BCUT2D eigenvalue weighted by Crippen LogP contribution is -2.28. The van der Waals surface area contributed by atoms with Crippen molar-refractivity contribution < 1.29 is 9.53 Å². The van der Waals surface area contributed by atoms with Crippen LogP contribution in [0, 0.1) is 12.3 Å². The second kappa shape index (κ2) is 6.71. The molecule has 0 saturated heterocycles. The Kier molecular flexibility index (Phi) is 4.72. The number of amides is 1. The zero-order valence-electron chi connectivity index (χ0n) is 11.2. The van der Waals surface area contributed by atoms with Crippen LogP contribution in [0.4, 0.5) is 4.79 Å². The molecular weight excluding hydrogens is 254 g/mol. The van der Waals surface area contributed by atoms with Crippen LogP contribution in [-0.2, 0) is 11.3 Å². The summed E-state index contributed by atoms with van der Waals surface area (Å²) in [6.07, 6.45) is 6.83. The van der Waals surface area contributed by atoms with Gasteiger partial charge in [-0.25, -0.2) is 4.79 Å². The van der Waals surface area contributed by atoms with Gasteiger partial charge in [0.2, 0.25) is 0 Å². The molecule has 0 radical (unpaired) electrons. The van der Waals surface area contributed by atoms with Crippen LogP contribution in [0.25, 0.3) is 0 Å². The molecule has 1 aliphatic rings. The number of benzene rings is 1. The van der Waals surface area contributed by atoms with E-state index in [1.165, 1.54) is 0 Å². The normalized spacial score (nSPS) is 14.3. The quantitative estimate of drug-likeness (QED) is 0.775. The number of nitrogens with zero attached hydrogens (tertiary/aromatic N) is 2. The number of rotatable bonds is 7. The first-order valence-electron chi connectivity index (χ1n) is 6.56. The molecule has 1 amide bonds. The molecule has 0 unspecified atom stereocenters. The molecule has 0 saturated carbocycles. The van der Waals surface area contributed by atoms with E-state index in [4.69, 9.17) is 11.2 Å². The first-order valence-corrected chi connectivity index (χ1v) is 6.56. The summed E-state index contributed by atoms with van der Waals surface area (Å²) in [5, 5.41) is 10.7. The lowest BCUT2D eigenvalue weighted by atomic mass is 10.0. The van der Waals surface area contributed by atoms with Gasteiger partial charge in [0.1, 0.15) is 6.61 Å². The van der Waals surface area contributed by atoms with Gasteiger partial charge in [-0.05, 0) is 5.56 Å². The van der Waals surface area contributed by atoms with E-state index in [0.29, 0.717) is 19.4 Å². The Morgan fingerprint density at radius 2 is 2.05 bits per heavy atom. The molecular formula is C15H17N3O2. The Balaban J connectivity index is 1.60. The third kappa shape index (κ3) is 4.39.